The van der Waals surface area contributed by atoms with E-state index < -0.39 is 5.91 Å². The van der Waals surface area contributed by atoms with Gasteiger partial charge >= 0.3 is 0 Å². The van der Waals surface area contributed by atoms with E-state index in [1.165, 1.54) is 0 Å². The van der Waals surface area contributed by atoms with Gasteiger partial charge in [-0.15, -0.1) is 0 Å². The molecular weight excluding hydrogens is 306 g/mol. The summed E-state index contributed by atoms with van der Waals surface area (Å²) >= 11 is 0. The maximum Gasteiger partial charge on any atom is 0.248 e. The molecule has 3 N–H and O–H groups in total. The maximum absolute atomic E-state index is 11.2. The van der Waals surface area contributed by atoms with Crippen molar-refractivity contribution in [3.8, 4) is 11.6 Å². The van der Waals surface area contributed by atoms with Gasteiger partial charge in [0.05, 0.1) is 18.1 Å². The van der Waals surface area contributed by atoms with Crippen molar-refractivity contribution in [1.82, 2.24) is 14.8 Å². The summed E-state index contributed by atoms with van der Waals surface area (Å²) in [6, 6.07) is 10.3. The van der Waals surface area contributed by atoms with Gasteiger partial charge in [-0.1, -0.05) is 6.07 Å². The molecule has 3 aromatic rings. The molecule has 7 nitrogen and oxygen atoms in total. The Kier molecular flexibility index (Phi) is 4.42. The van der Waals surface area contributed by atoms with Crippen molar-refractivity contribution in [2.75, 3.05) is 5.32 Å². The van der Waals surface area contributed by atoms with Gasteiger partial charge < -0.3 is 15.8 Å². The van der Waals surface area contributed by atoms with Crippen molar-refractivity contribution >= 4 is 11.6 Å². The number of aromatic nitrogens is 3. The summed E-state index contributed by atoms with van der Waals surface area (Å²) in [5.41, 5.74) is 7.60. The molecule has 3 rings (SSSR count). The molecule has 0 atom stereocenters. The molecule has 0 fully saturated rings. The van der Waals surface area contributed by atoms with E-state index >= 15 is 0 Å². The number of carbonyl (C=O) groups excluding carboxylic acids is 1. The maximum atomic E-state index is 11.2. The molecule has 0 bridgehead atoms. The number of nitrogens with two attached hydrogens (primary N) is 1. The standard InChI is InChI=1S/C17H17N5O2/c1-22-11-12(9-21-22)8-19-14-5-6-16(20-10-14)24-15-4-2-3-13(7-15)17(18)23/h2-7,9-11,19H,8H2,1H3,(H2,18,23). The van der Waals surface area contributed by atoms with Crippen LogP contribution in [0.4, 0.5) is 5.69 Å². The first-order valence-electron chi connectivity index (χ1n) is 7.35. The molecule has 122 valence electrons. The molecule has 2 aromatic heterocycles. The number of aryl methyl sites for hydroxylation is 1. The van der Waals surface area contributed by atoms with Gasteiger partial charge in [0.1, 0.15) is 5.75 Å². The molecule has 0 saturated carbocycles. The van der Waals surface area contributed by atoms with Crippen LogP contribution >= 0.6 is 0 Å². The molecule has 24 heavy (non-hydrogen) atoms. The van der Waals surface area contributed by atoms with Crippen molar-refractivity contribution in [1.29, 1.82) is 0 Å². The zero-order valence-corrected chi connectivity index (χ0v) is 13.1. The highest BCUT2D eigenvalue weighted by atomic mass is 16.5. The summed E-state index contributed by atoms with van der Waals surface area (Å²) in [7, 11) is 1.88. The molecule has 0 aliphatic rings. The fourth-order valence-corrected chi connectivity index (χ4v) is 2.15. The molecule has 0 saturated heterocycles. The van der Waals surface area contributed by atoms with Gasteiger partial charge in [0.15, 0.2) is 0 Å². The van der Waals surface area contributed by atoms with E-state index in [9.17, 15) is 4.79 Å². The molecule has 1 aromatic carbocycles. The Morgan fingerprint density at radius 3 is 2.83 bits per heavy atom. The van der Waals surface area contributed by atoms with Crippen LogP contribution in [0.2, 0.25) is 0 Å². The number of hydrogen-bond donors (Lipinski definition) is 2. The predicted octanol–water partition coefficient (Wildman–Crippen LogP) is 2.32. The molecule has 0 radical (unpaired) electrons. The van der Waals surface area contributed by atoms with E-state index in [-0.39, 0.29) is 0 Å². The van der Waals surface area contributed by atoms with Crippen molar-refractivity contribution in [2.45, 2.75) is 6.54 Å². The highest BCUT2D eigenvalue weighted by Crippen LogP contribution is 2.21. The smallest absolute Gasteiger partial charge is 0.248 e. The number of primary amides is 1. The Balaban J connectivity index is 1.62. The number of amides is 1. The number of pyridine rings is 1. The number of hydrogen-bond acceptors (Lipinski definition) is 5. The summed E-state index contributed by atoms with van der Waals surface area (Å²) in [5.74, 6) is 0.446. The number of carbonyl (C=O) groups is 1. The number of benzene rings is 1. The summed E-state index contributed by atoms with van der Waals surface area (Å²) in [6.45, 7) is 0.663. The van der Waals surface area contributed by atoms with Crippen LogP contribution in [0, 0.1) is 0 Å². The third-order valence-electron chi connectivity index (χ3n) is 3.33. The summed E-state index contributed by atoms with van der Waals surface area (Å²) < 4.78 is 7.39. The average molecular weight is 323 g/mol. The quantitative estimate of drug-likeness (QED) is 0.726. The van der Waals surface area contributed by atoms with Gasteiger partial charge in [0.2, 0.25) is 11.8 Å². The van der Waals surface area contributed by atoms with Crippen LogP contribution in [-0.4, -0.2) is 20.7 Å². The number of nitrogens with zero attached hydrogens (tertiary/aromatic N) is 3. The molecular formula is C17H17N5O2. The van der Waals surface area contributed by atoms with E-state index in [0.29, 0.717) is 23.7 Å². The topological polar surface area (TPSA) is 95.1 Å². The minimum Gasteiger partial charge on any atom is -0.439 e. The van der Waals surface area contributed by atoms with E-state index in [1.807, 2.05) is 25.5 Å². The molecule has 0 spiro atoms. The molecule has 2 heterocycles. The fourth-order valence-electron chi connectivity index (χ4n) is 2.15. The molecule has 0 unspecified atom stereocenters. The number of ether oxygens (including phenoxy) is 1. The highest BCUT2D eigenvalue weighted by Gasteiger charge is 2.04. The second-order valence-corrected chi connectivity index (χ2v) is 5.26. The van der Waals surface area contributed by atoms with Gasteiger partial charge in [-0.2, -0.15) is 5.10 Å². The molecule has 7 heteroatoms. The lowest BCUT2D eigenvalue weighted by Crippen LogP contribution is -2.10. The van der Waals surface area contributed by atoms with Crippen molar-refractivity contribution < 1.29 is 9.53 Å². The Morgan fingerprint density at radius 2 is 2.17 bits per heavy atom. The van der Waals surface area contributed by atoms with Gasteiger partial charge in [-0.3, -0.25) is 9.48 Å². The average Bonchev–Trinajstić information content (AvgIpc) is 3.00. The third-order valence-corrected chi connectivity index (χ3v) is 3.33. The molecule has 1 amide bonds. The van der Waals surface area contributed by atoms with Crippen molar-refractivity contribution in [2.24, 2.45) is 12.8 Å². The zero-order chi connectivity index (χ0) is 16.9. The molecule has 0 aliphatic heterocycles. The number of anilines is 1. The zero-order valence-electron chi connectivity index (χ0n) is 13.1. The number of rotatable bonds is 6. The lowest BCUT2D eigenvalue weighted by molar-refractivity contribution is 0.1000. The second-order valence-electron chi connectivity index (χ2n) is 5.26. The van der Waals surface area contributed by atoms with E-state index in [1.54, 1.807) is 41.2 Å². The minimum atomic E-state index is -0.497. The van der Waals surface area contributed by atoms with Crippen LogP contribution in [0.1, 0.15) is 15.9 Å². The predicted molar refractivity (Wildman–Crippen MR) is 89.8 cm³/mol. The van der Waals surface area contributed by atoms with Gasteiger partial charge in [0.25, 0.3) is 0 Å². The lowest BCUT2D eigenvalue weighted by Gasteiger charge is -2.08. The first-order valence-corrected chi connectivity index (χ1v) is 7.35. The van der Waals surface area contributed by atoms with E-state index in [4.69, 9.17) is 10.5 Å². The van der Waals surface area contributed by atoms with Crippen LogP contribution in [0.5, 0.6) is 11.6 Å². The summed E-state index contributed by atoms with van der Waals surface area (Å²) in [4.78, 5) is 15.4. The van der Waals surface area contributed by atoms with Crippen LogP contribution in [0.15, 0.2) is 55.0 Å². The van der Waals surface area contributed by atoms with Gasteiger partial charge in [-0.25, -0.2) is 4.98 Å². The fraction of sp³-hybridized carbons (Fsp3) is 0.118. The highest BCUT2D eigenvalue weighted by molar-refractivity contribution is 5.93. The monoisotopic (exact) mass is 323 g/mol. The van der Waals surface area contributed by atoms with Crippen molar-refractivity contribution in [3.05, 3.63) is 66.1 Å². The Bertz CT molecular complexity index is 842. The minimum absolute atomic E-state index is 0.391. The van der Waals surface area contributed by atoms with E-state index in [0.717, 1.165) is 11.3 Å². The Morgan fingerprint density at radius 1 is 1.29 bits per heavy atom. The largest absolute Gasteiger partial charge is 0.439 e. The van der Waals surface area contributed by atoms with Crippen LogP contribution in [-0.2, 0) is 13.6 Å². The Labute approximate surface area is 139 Å². The van der Waals surface area contributed by atoms with Gasteiger partial charge in [-0.05, 0) is 24.3 Å². The first kappa shape index (κ1) is 15.5. The van der Waals surface area contributed by atoms with Crippen LogP contribution in [0.25, 0.3) is 0 Å². The summed E-state index contributed by atoms with van der Waals surface area (Å²) in [5, 5.41) is 7.37. The summed E-state index contributed by atoms with van der Waals surface area (Å²) in [6.07, 6.45) is 5.44. The van der Waals surface area contributed by atoms with Crippen LogP contribution in [0.3, 0.4) is 0 Å². The first-order chi connectivity index (χ1) is 11.6. The lowest BCUT2D eigenvalue weighted by atomic mass is 10.2. The van der Waals surface area contributed by atoms with Crippen LogP contribution < -0.4 is 15.8 Å². The van der Waals surface area contributed by atoms with Crippen molar-refractivity contribution in [3.63, 3.8) is 0 Å². The third kappa shape index (κ3) is 3.89. The second kappa shape index (κ2) is 6.82. The SMILES string of the molecule is Cn1cc(CNc2ccc(Oc3cccc(C(N)=O)c3)nc2)cn1. The van der Waals surface area contributed by atoms with Gasteiger partial charge in [0, 0.05) is 37.0 Å². The van der Waals surface area contributed by atoms with E-state index in [2.05, 4.69) is 15.4 Å². The normalized spacial score (nSPS) is 10.4. The molecule has 0 aliphatic carbocycles. The number of nitrogens with one attached hydrogen (secondary N) is 1. The Hall–Kier alpha value is -3.35.